The van der Waals surface area contributed by atoms with Crippen LogP contribution in [0.1, 0.15) is 5.82 Å². The molecule has 7 heteroatoms. The molecule has 72 valence electrons. The van der Waals surface area contributed by atoms with E-state index in [9.17, 15) is 4.79 Å². The van der Waals surface area contributed by atoms with Crippen molar-refractivity contribution in [2.45, 2.75) is 6.54 Å². The van der Waals surface area contributed by atoms with Crippen LogP contribution in [0.5, 0.6) is 0 Å². The molecule has 0 aliphatic rings. The lowest BCUT2D eigenvalue weighted by Gasteiger charge is -2.10. The second-order valence-electron chi connectivity index (χ2n) is 2.69. The van der Waals surface area contributed by atoms with Crippen molar-refractivity contribution in [3.63, 3.8) is 0 Å². The van der Waals surface area contributed by atoms with Crippen molar-refractivity contribution in [2.24, 2.45) is 0 Å². The van der Waals surface area contributed by atoms with Gasteiger partial charge in [0.1, 0.15) is 5.82 Å². The zero-order valence-electron chi connectivity index (χ0n) is 7.53. The normalized spacial score (nSPS) is 9.69. The summed E-state index contributed by atoms with van der Waals surface area (Å²) in [4.78, 5) is 16.3. The van der Waals surface area contributed by atoms with Crippen LogP contribution in [0.2, 0.25) is 0 Å². The zero-order valence-corrected chi connectivity index (χ0v) is 7.53. The van der Waals surface area contributed by atoms with Gasteiger partial charge in [0.2, 0.25) is 5.95 Å². The summed E-state index contributed by atoms with van der Waals surface area (Å²) in [6.45, 7) is 0.293. The molecule has 4 N–H and O–H groups in total. The average molecular weight is 184 g/mol. The molecule has 1 aromatic heterocycles. The third-order valence-electron chi connectivity index (χ3n) is 1.36. The van der Waals surface area contributed by atoms with Crippen LogP contribution in [0.25, 0.3) is 0 Å². The first-order valence-electron chi connectivity index (χ1n) is 3.71. The van der Waals surface area contributed by atoms with E-state index < -0.39 is 0 Å². The van der Waals surface area contributed by atoms with Gasteiger partial charge in [-0.05, 0) is 0 Å². The number of carbonyl (C=O) groups excluding carboxylic acids is 1. The van der Waals surface area contributed by atoms with Crippen molar-refractivity contribution in [1.29, 1.82) is 0 Å². The Hall–Kier alpha value is -1.79. The van der Waals surface area contributed by atoms with Gasteiger partial charge in [-0.25, -0.2) is 4.79 Å². The maximum Gasteiger partial charge on any atom is 0.317 e. The topological polar surface area (TPSA) is 99.9 Å². The Balaban J connectivity index is 2.39. The largest absolute Gasteiger partial charge is 0.367 e. The van der Waals surface area contributed by atoms with Gasteiger partial charge in [-0.2, -0.15) is 4.98 Å². The first-order valence-corrected chi connectivity index (χ1v) is 3.71. The van der Waals surface area contributed by atoms with Gasteiger partial charge in [0.05, 0.1) is 6.54 Å². The lowest BCUT2D eigenvalue weighted by molar-refractivity contribution is 0.216. The monoisotopic (exact) mass is 184 g/mol. The minimum absolute atomic E-state index is 0.175. The molecule has 0 aliphatic carbocycles. The Kier molecular flexibility index (Phi) is 2.68. The van der Waals surface area contributed by atoms with E-state index in [1.807, 2.05) is 0 Å². The number of H-pyrrole nitrogens is 1. The highest BCUT2D eigenvalue weighted by Gasteiger charge is 2.04. The molecule has 1 heterocycles. The van der Waals surface area contributed by atoms with Gasteiger partial charge in [0, 0.05) is 14.1 Å². The number of anilines is 1. The molecular formula is C6H12N6O. The van der Waals surface area contributed by atoms with Gasteiger partial charge in [-0.15, -0.1) is 5.10 Å². The number of amides is 2. The molecule has 0 saturated carbocycles. The van der Waals surface area contributed by atoms with Crippen molar-refractivity contribution >= 4 is 12.0 Å². The lowest BCUT2D eigenvalue weighted by atomic mass is 10.6. The predicted octanol–water partition coefficient (Wildman–Crippen LogP) is -0.842. The molecule has 1 aromatic rings. The Morgan fingerprint density at radius 3 is 2.85 bits per heavy atom. The summed E-state index contributed by atoms with van der Waals surface area (Å²) in [7, 11) is 3.31. The van der Waals surface area contributed by atoms with Crippen LogP contribution in [-0.2, 0) is 6.54 Å². The van der Waals surface area contributed by atoms with Crippen molar-refractivity contribution in [2.75, 3.05) is 19.8 Å². The standard InChI is InChI=1S/C6H12N6O/c1-12(2)6(13)8-3-4-9-5(7)11-10-4/h3H2,1-2H3,(H,8,13)(H3,7,9,10,11). The molecule has 0 fully saturated rings. The van der Waals surface area contributed by atoms with E-state index in [1.54, 1.807) is 14.1 Å². The average Bonchev–Trinajstić information content (AvgIpc) is 2.47. The van der Waals surface area contributed by atoms with Crippen molar-refractivity contribution in [1.82, 2.24) is 25.4 Å². The zero-order chi connectivity index (χ0) is 9.84. The molecule has 2 amide bonds. The summed E-state index contributed by atoms with van der Waals surface area (Å²) < 4.78 is 0. The number of aromatic nitrogens is 3. The fourth-order valence-electron chi connectivity index (χ4n) is 0.707. The smallest absolute Gasteiger partial charge is 0.317 e. The maximum atomic E-state index is 11.0. The Morgan fingerprint density at radius 2 is 2.38 bits per heavy atom. The number of aromatic amines is 1. The number of urea groups is 1. The molecule has 0 atom stereocenters. The van der Waals surface area contributed by atoms with Gasteiger partial charge in [-0.1, -0.05) is 0 Å². The maximum absolute atomic E-state index is 11.0. The lowest BCUT2D eigenvalue weighted by Crippen LogP contribution is -2.34. The summed E-state index contributed by atoms with van der Waals surface area (Å²) >= 11 is 0. The quantitative estimate of drug-likeness (QED) is 0.557. The van der Waals surface area contributed by atoms with Crippen molar-refractivity contribution < 1.29 is 4.79 Å². The molecule has 0 bridgehead atoms. The number of carbonyl (C=O) groups is 1. The Morgan fingerprint density at radius 1 is 1.69 bits per heavy atom. The predicted molar refractivity (Wildman–Crippen MR) is 46.7 cm³/mol. The van der Waals surface area contributed by atoms with Crippen LogP contribution >= 0.6 is 0 Å². The summed E-state index contributed by atoms with van der Waals surface area (Å²) in [6, 6.07) is -0.185. The van der Waals surface area contributed by atoms with Crippen LogP contribution in [0.3, 0.4) is 0 Å². The summed E-state index contributed by atoms with van der Waals surface area (Å²) in [5.41, 5.74) is 5.27. The molecule has 7 nitrogen and oxygen atoms in total. The second kappa shape index (κ2) is 3.74. The summed E-state index contributed by atoms with van der Waals surface area (Å²) in [5, 5.41) is 8.81. The summed E-state index contributed by atoms with van der Waals surface area (Å²) in [5.74, 6) is 0.710. The van der Waals surface area contributed by atoms with E-state index in [0.29, 0.717) is 12.4 Å². The molecule has 13 heavy (non-hydrogen) atoms. The number of nitrogens with zero attached hydrogens (tertiary/aromatic N) is 3. The van der Waals surface area contributed by atoms with Crippen LogP contribution in [-0.4, -0.2) is 40.2 Å². The minimum atomic E-state index is -0.185. The van der Waals surface area contributed by atoms with E-state index in [-0.39, 0.29) is 12.0 Å². The first kappa shape index (κ1) is 9.30. The molecular weight excluding hydrogens is 172 g/mol. The van der Waals surface area contributed by atoms with Crippen LogP contribution < -0.4 is 11.1 Å². The Labute approximate surface area is 75.3 Å². The SMILES string of the molecule is CN(C)C(=O)NCc1nc(N)n[nH]1. The molecule has 0 aromatic carbocycles. The molecule has 0 aliphatic heterocycles. The van der Waals surface area contributed by atoms with E-state index in [0.717, 1.165) is 0 Å². The van der Waals surface area contributed by atoms with Crippen LogP contribution in [0.15, 0.2) is 0 Å². The molecule has 0 radical (unpaired) electrons. The van der Waals surface area contributed by atoms with Crippen molar-refractivity contribution in [3.05, 3.63) is 5.82 Å². The number of rotatable bonds is 2. The van der Waals surface area contributed by atoms with E-state index >= 15 is 0 Å². The number of nitrogens with one attached hydrogen (secondary N) is 2. The molecule has 0 spiro atoms. The second-order valence-corrected chi connectivity index (χ2v) is 2.69. The molecule has 1 rings (SSSR count). The Bertz CT molecular complexity index is 293. The highest BCUT2D eigenvalue weighted by molar-refractivity contribution is 5.73. The van der Waals surface area contributed by atoms with Gasteiger partial charge < -0.3 is 16.0 Å². The van der Waals surface area contributed by atoms with Gasteiger partial charge in [0.15, 0.2) is 0 Å². The van der Waals surface area contributed by atoms with Gasteiger partial charge in [-0.3, -0.25) is 5.10 Å². The van der Waals surface area contributed by atoms with Crippen molar-refractivity contribution in [3.8, 4) is 0 Å². The van der Waals surface area contributed by atoms with Gasteiger partial charge in [0.25, 0.3) is 0 Å². The number of nitrogens with two attached hydrogens (primary N) is 1. The summed E-state index contributed by atoms with van der Waals surface area (Å²) in [6.07, 6.45) is 0. The minimum Gasteiger partial charge on any atom is -0.367 e. The van der Waals surface area contributed by atoms with E-state index in [4.69, 9.17) is 5.73 Å². The third-order valence-corrected chi connectivity index (χ3v) is 1.36. The number of hydrogen-bond donors (Lipinski definition) is 3. The highest BCUT2D eigenvalue weighted by Crippen LogP contribution is 1.91. The molecule has 0 saturated heterocycles. The highest BCUT2D eigenvalue weighted by atomic mass is 16.2. The van der Waals surface area contributed by atoms with Gasteiger partial charge >= 0.3 is 6.03 Å². The fourth-order valence-corrected chi connectivity index (χ4v) is 0.707. The van der Waals surface area contributed by atoms with Crippen LogP contribution in [0, 0.1) is 0 Å². The van der Waals surface area contributed by atoms with Crippen LogP contribution in [0.4, 0.5) is 10.7 Å². The van der Waals surface area contributed by atoms with E-state index in [1.165, 1.54) is 4.90 Å². The number of nitrogen functional groups attached to an aromatic ring is 1. The number of hydrogen-bond acceptors (Lipinski definition) is 4. The fraction of sp³-hybridized carbons (Fsp3) is 0.500. The third kappa shape index (κ3) is 2.62. The van der Waals surface area contributed by atoms with E-state index in [2.05, 4.69) is 20.5 Å². The molecule has 0 unspecified atom stereocenters. The first-order chi connectivity index (χ1) is 6.09.